The van der Waals surface area contributed by atoms with Crippen molar-refractivity contribution < 1.29 is 8.94 Å². The van der Waals surface area contributed by atoms with Gasteiger partial charge in [0, 0.05) is 26.2 Å². The van der Waals surface area contributed by atoms with E-state index in [2.05, 4.69) is 53.2 Å². The summed E-state index contributed by atoms with van der Waals surface area (Å²) in [5, 5.41) is 16.3. The molecule has 128 valence electrons. The van der Waals surface area contributed by atoms with Crippen molar-refractivity contribution in [2.75, 3.05) is 5.32 Å². The minimum Gasteiger partial charge on any atom is -0.447 e. The van der Waals surface area contributed by atoms with Crippen molar-refractivity contribution in [2.45, 2.75) is 6.92 Å². The second kappa shape index (κ2) is 5.80. The smallest absolute Gasteiger partial charge is 0.295 e. The van der Waals surface area contributed by atoms with Crippen LogP contribution in [-0.4, -0.2) is 25.3 Å². The highest BCUT2D eigenvalue weighted by Gasteiger charge is 2.22. The monoisotopic (exact) mass is 458 g/mol. The van der Waals surface area contributed by atoms with Crippen molar-refractivity contribution in [3.8, 4) is 11.7 Å². The summed E-state index contributed by atoms with van der Waals surface area (Å²) in [5.41, 5.74) is 3.25. The number of aryl methyl sites for hydroxylation is 1. The van der Waals surface area contributed by atoms with E-state index >= 15 is 0 Å². The summed E-state index contributed by atoms with van der Waals surface area (Å²) in [7, 11) is 0. The highest BCUT2D eigenvalue weighted by molar-refractivity contribution is 14.1. The first kappa shape index (κ1) is 15.3. The van der Waals surface area contributed by atoms with Crippen LogP contribution in [0.1, 0.15) is 5.82 Å². The molecule has 1 aromatic carbocycles. The number of hydrogen-bond donors (Lipinski definition) is 2. The van der Waals surface area contributed by atoms with Crippen molar-refractivity contribution in [2.24, 2.45) is 0 Å². The van der Waals surface area contributed by atoms with Crippen LogP contribution in [0.25, 0.3) is 33.5 Å². The summed E-state index contributed by atoms with van der Waals surface area (Å²) in [5.74, 6) is 1.33. The number of nitrogens with zero attached hydrogens (tertiary/aromatic N) is 4. The van der Waals surface area contributed by atoms with Crippen LogP contribution in [0.5, 0.6) is 0 Å². The number of anilines is 2. The molecule has 26 heavy (non-hydrogen) atoms. The second-order valence-electron chi connectivity index (χ2n) is 5.70. The SMILES string of the molecule is Cc1noc(-c2oc3cnccc3c2Nc2ccc(I)c3[nH]ncc23)n1. The van der Waals surface area contributed by atoms with Crippen LogP contribution in [0.4, 0.5) is 11.4 Å². The third-order valence-corrected chi connectivity index (χ3v) is 4.94. The average Bonchev–Trinajstić information content (AvgIpc) is 3.36. The Balaban J connectivity index is 1.72. The Kier molecular flexibility index (Phi) is 3.42. The molecule has 0 fully saturated rings. The lowest BCUT2D eigenvalue weighted by atomic mass is 10.2. The number of aromatic nitrogens is 5. The zero-order valence-electron chi connectivity index (χ0n) is 13.4. The minimum absolute atomic E-state index is 0.315. The van der Waals surface area contributed by atoms with E-state index in [0.29, 0.717) is 23.1 Å². The maximum Gasteiger partial charge on any atom is 0.295 e. The molecule has 8 nitrogen and oxygen atoms in total. The molecule has 0 aliphatic heterocycles. The maximum absolute atomic E-state index is 5.94. The molecular formula is C17H11IN6O2. The van der Waals surface area contributed by atoms with Crippen LogP contribution in [0, 0.1) is 10.5 Å². The fourth-order valence-electron chi connectivity index (χ4n) is 2.86. The van der Waals surface area contributed by atoms with Crippen LogP contribution < -0.4 is 5.32 Å². The molecule has 0 amide bonds. The Bertz CT molecular complexity index is 1250. The Morgan fingerprint density at radius 3 is 2.92 bits per heavy atom. The Morgan fingerprint density at radius 2 is 2.08 bits per heavy atom. The number of benzene rings is 1. The number of halogens is 1. The Morgan fingerprint density at radius 1 is 1.15 bits per heavy atom. The van der Waals surface area contributed by atoms with Gasteiger partial charge in [0.15, 0.2) is 11.4 Å². The zero-order chi connectivity index (χ0) is 17.7. The Labute approximate surface area is 160 Å². The molecule has 4 heterocycles. The summed E-state index contributed by atoms with van der Waals surface area (Å²) in [6.45, 7) is 1.76. The number of aromatic amines is 1. The average molecular weight is 458 g/mol. The van der Waals surface area contributed by atoms with Gasteiger partial charge in [-0.25, -0.2) is 0 Å². The summed E-state index contributed by atoms with van der Waals surface area (Å²) >= 11 is 2.28. The van der Waals surface area contributed by atoms with Crippen LogP contribution in [0.15, 0.2) is 45.7 Å². The molecular weight excluding hydrogens is 447 g/mol. The molecule has 0 aliphatic rings. The molecule has 0 radical (unpaired) electrons. The van der Waals surface area contributed by atoms with Crippen LogP contribution in [0.3, 0.4) is 0 Å². The van der Waals surface area contributed by atoms with Crippen molar-refractivity contribution in [1.29, 1.82) is 0 Å². The van der Waals surface area contributed by atoms with Gasteiger partial charge in [-0.3, -0.25) is 10.1 Å². The van der Waals surface area contributed by atoms with E-state index in [4.69, 9.17) is 8.94 Å². The van der Waals surface area contributed by atoms with Gasteiger partial charge in [0.05, 0.1) is 23.6 Å². The Hall–Kier alpha value is -2.95. The third-order valence-electron chi connectivity index (χ3n) is 4.04. The molecule has 5 rings (SSSR count). The number of H-pyrrole nitrogens is 1. The zero-order valence-corrected chi connectivity index (χ0v) is 15.6. The quantitative estimate of drug-likeness (QED) is 0.386. The number of nitrogens with one attached hydrogen (secondary N) is 2. The molecule has 0 bridgehead atoms. The first-order chi connectivity index (χ1) is 12.7. The van der Waals surface area contributed by atoms with E-state index in [1.165, 1.54) is 0 Å². The normalized spacial score (nSPS) is 11.5. The number of rotatable bonds is 3. The fraction of sp³-hybridized carbons (Fsp3) is 0.0588. The summed E-state index contributed by atoms with van der Waals surface area (Å²) < 4.78 is 12.3. The summed E-state index contributed by atoms with van der Waals surface area (Å²) in [4.78, 5) is 8.42. The lowest BCUT2D eigenvalue weighted by Crippen LogP contribution is -1.93. The first-order valence-corrected chi connectivity index (χ1v) is 8.84. The number of fused-ring (bicyclic) bond motifs is 2. The molecule has 0 aliphatic carbocycles. The van der Waals surface area contributed by atoms with E-state index in [1.54, 1.807) is 25.5 Å². The summed E-state index contributed by atoms with van der Waals surface area (Å²) in [6.07, 6.45) is 5.17. The molecule has 4 aromatic heterocycles. The molecule has 0 spiro atoms. The molecule has 5 aromatic rings. The molecule has 0 saturated carbocycles. The number of hydrogen-bond acceptors (Lipinski definition) is 7. The molecule has 0 unspecified atom stereocenters. The molecule has 0 saturated heterocycles. The first-order valence-electron chi connectivity index (χ1n) is 7.76. The largest absolute Gasteiger partial charge is 0.447 e. The van der Waals surface area contributed by atoms with E-state index in [-0.39, 0.29) is 0 Å². The minimum atomic E-state index is 0.315. The van der Waals surface area contributed by atoms with Crippen molar-refractivity contribution >= 4 is 55.8 Å². The third kappa shape index (κ3) is 2.35. The topological polar surface area (TPSA) is 106 Å². The van der Waals surface area contributed by atoms with E-state index in [1.807, 2.05) is 18.2 Å². The van der Waals surface area contributed by atoms with Gasteiger partial charge in [0.2, 0.25) is 5.76 Å². The predicted octanol–water partition coefficient (Wildman–Crippen LogP) is 4.41. The lowest BCUT2D eigenvalue weighted by Gasteiger charge is -2.08. The predicted molar refractivity (Wildman–Crippen MR) is 104 cm³/mol. The number of furan rings is 1. The van der Waals surface area contributed by atoms with E-state index in [9.17, 15) is 0 Å². The van der Waals surface area contributed by atoms with Gasteiger partial charge in [-0.2, -0.15) is 10.1 Å². The van der Waals surface area contributed by atoms with Crippen molar-refractivity contribution in [3.63, 3.8) is 0 Å². The maximum atomic E-state index is 5.94. The lowest BCUT2D eigenvalue weighted by molar-refractivity contribution is 0.414. The molecule has 2 N–H and O–H groups in total. The summed E-state index contributed by atoms with van der Waals surface area (Å²) in [6, 6.07) is 5.90. The van der Waals surface area contributed by atoms with Gasteiger partial charge < -0.3 is 14.3 Å². The highest BCUT2D eigenvalue weighted by Crippen LogP contribution is 2.40. The highest BCUT2D eigenvalue weighted by atomic mass is 127. The van der Waals surface area contributed by atoms with Gasteiger partial charge in [0.25, 0.3) is 5.89 Å². The second-order valence-corrected chi connectivity index (χ2v) is 6.87. The van der Waals surface area contributed by atoms with Crippen LogP contribution >= 0.6 is 22.6 Å². The van der Waals surface area contributed by atoms with Crippen molar-refractivity contribution in [3.05, 3.63) is 46.2 Å². The van der Waals surface area contributed by atoms with Crippen molar-refractivity contribution in [1.82, 2.24) is 25.3 Å². The van der Waals surface area contributed by atoms with Gasteiger partial charge in [0.1, 0.15) is 0 Å². The van der Waals surface area contributed by atoms with Crippen LogP contribution in [-0.2, 0) is 0 Å². The molecule has 9 heteroatoms. The van der Waals surface area contributed by atoms with E-state index < -0.39 is 0 Å². The molecule has 0 atom stereocenters. The van der Waals surface area contributed by atoms with Gasteiger partial charge in [-0.05, 0) is 47.7 Å². The van der Waals surface area contributed by atoms with Gasteiger partial charge in [-0.1, -0.05) is 5.16 Å². The van der Waals surface area contributed by atoms with Gasteiger partial charge >= 0.3 is 0 Å². The van der Waals surface area contributed by atoms with E-state index in [0.717, 1.165) is 31.2 Å². The standard InChI is InChI=1S/C17H11IN6O2/c1-8-21-17(26-24-8)16-15(9-4-5-19-7-13(9)25-16)22-12-3-2-11(18)14-10(12)6-20-23-14/h2-7,22H,1H3,(H,20,23). The fourth-order valence-corrected chi connectivity index (χ4v) is 3.45. The van der Waals surface area contributed by atoms with Gasteiger partial charge in [-0.15, -0.1) is 0 Å². The van der Waals surface area contributed by atoms with Crippen LogP contribution in [0.2, 0.25) is 0 Å². The number of pyridine rings is 1.